The molecule has 17 heavy (non-hydrogen) atoms. The molecule has 0 saturated carbocycles. The first kappa shape index (κ1) is 13.9. The van der Waals surface area contributed by atoms with Crippen LogP contribution in [0.3, 0.4) is 0 Å². The Bertz CT molecular complexity index is 549. The number of carbonyl (C=O) groups is 1. The molecule has 3 nitrogen and oxygen atoms in total. The lowest BCUT2D eigenvalue weighted by Crippen LogP contribution is -2.14. The molecule has 0 spiro atoms. The summed E-state index contributed by atoms with van der Waals surface area (Å²) in [6.07, 6.45) is 1.15. The second kappa shape index (κ2) is 4.26. The van der Waals surface area contributed by atoms with Crippen LogP contribution in [0.1, 0.15) is 43.6 Å². The van der Waals surface area contributed by atoms with Gasteiger partial charge in [-0.1, -0.05) is 20.8 Å². The second-order valence-electron chi connectivity index (χ2n) is 5.32. The molecule has 0 heterocycles. The molecule has 0 radical (unpaired) electrons. The molecule has 0 saturated heterocycles. The van der Waals surface area contributed by atoms with Gasteiger partial charge in [0.15, 0.2) is 15.6 Å². The van der Waals surface area contributed by atoms with Crippen molar-refractivity contribution in [3.63, 3.8) is 0 Å². The standard InChI is InChI=1S/C13H18O3S/c1-9(14)10-6-11(13(2,3)4)8-12(7-10)17(5,15)16/h6-8H,1-5H3. The van der Waals surface area contributed by atoms with E-state index in [-0.39, 0.29) is 16.1 Å². The molecule has 0 amide bonds. The van der Waals surface area contributed by atoms with Gasteiger partial charge in [0.2, 0.25) is 0 Å². The van der Waals surface area contributed by atoms with Crippen LogP contribution in [0, 0.1) is 0 Å². The van der Waals surface area contributed by atoms with Crippen molar-refractivity contribution in [2.75, 3.05) is 6.26 Å². The van der Waals surface area contributed by atoms with Gasteiger partial charge in [-0.3, -0.25) is 4.79 Å². The van der Waals surface area contributed by atoms with Gasteiger partial charge < -0.3 is 0 Å². The Morgan fingerprint density at radius 1 is 1.12 bits per heavy atom. The molecule has 0 atom stereocenters. The van der Waals surface area contributed by atoms with Gasteiger partial charge in [0, 0.05) is 11.8 Å². The predicted molar refractivity (Wildman–Crippen MR) is 68.3 cm³/mol. The van der Waals surface area contributed by atoms with Crippen molar-refractivity contribution in [3.05, 3.63) is 29.3 Å². The lowest BCUT2D eigenvalue weighted by Gasteiger charge is -2.20. The SMILES string of the molecule is CC(=O)c1cc(C(C)(C)C)cc(S(C)(=O)=O)c1. The van der Waals surface area contributed by atoms with Crippen molar-refractivity contribution < 1.29 is 13.2 Å². The lowest BCUT2D eigenvalue weighted by molar-refractivity contribution is 0.101. The van der Waals surface area contributed by atoms with Gasteiger partial charge in [-0.15, -0.1) is 0 Å². The third-order valence-corrected chi connectivity index (χ3v) is 3.70. The molecule has 1 rings (SSSR count). The lowest BCUT2D eigenvalue weighted by atomic mass is 9.86. The fourth-order valence-electron chi connectivity index (χ4n) is 1.45. The Morgan fingerprint density at radius 3 is 2.00 bits per heavy atom. The molecule has 1 aromatic rings. The van der Waals surface area contributed by atoms with Crippen LogP contribution in [0.15, 0.2) is 23.1 Å². The van der Waals surface area contributed by atoms with Crippen LogP contribution in [0.2, 0.25) is 0 Å². The van der Waals surface area contributed by atoms with Gasteiger partial charge in [0.05, 0.1) is 4.90 Å². The summed E-state index contributed by atoms with van der Waals surface area (Å²) in [6, 6.07) is 4.84. The molecular weight excluding hydrogens is 236 g/mol. The molecule has 94 valence electrons. The highest BCUT2D eigenvalue weighted by Gasteiger charge is 2.19. The Hall–Kier alpha value is -1.16. The normalized spacial score (nSPS) is 12.5. The summed E-state index contributed by atoms with van der Waals surface area (Å²) in [5.74, 6) is -0.124. The Kier molecular flexibility index (Phi) is 3.48. The number of Topliss-reactive ketones (excluding diaryl/α,β-unsaturated/α-hetero) is 1. The topological polar surface area (TPSA) is 51.2 Å². The number of hydrogen-bond donors (Lipinski definition) is 0. The van der Waals surface area contributed by atoms with Crippen LogP contribution in [0.5, 0.6) is 0 Å². The molecule has 0 aliphatic carbocycles. The third-order valence-electron chi connectivity index (χ3n) is 2.61. The Labute approximate surface area is 103 Å². The van der Waals surface area contributed by atoms with Crippen molar-refractivity contribution in [1.29, 1.82) is 0 Å². The zero-order chi connectivity index (χ0) is 13.4. The number of carbonyl (C=O) groups excluding carboxylic acids is 1. The van der Waals surface area contributed by atoms with Gasteiger partial charge in [-0.2, -0.15) is 0 Å². The smallest absolute Gasteiger partial charge is 0.175 e. The van der Waals surface area contributed by atoms with Crippen molar-refractivity contribution in [1.82, 2.24) is 0 Å². The molecule has 0 N–H and O–H groups in total. The maximum Gasteiger partial charge on any atom is 0.175 e. The van der Waals surface area contributed by atoms with E-state index in [1.807, 2.05) is 20.8 Å². The molecule has 0 aliphatic rings. The fourth-order valence-corrected chi connectivity index (χ4v) is 2.13. The summed E-state index contributed by atoms with van der Waals surface area (Å²) in [5, 5.41) is 0. The van der Waals surface area contributed by atoms with E-state index in [9.17, 15) is 13.2 Å². The van der Waals surface area contributed by atoms with E-state index in [0.29, 0.717) is 5.56 Å². The molecule has 0 aliphatic heterocycles. The van der Waals surface area contributed by atoms with E-state index in [4.69, 9.17) is 0 Å². The predicted octanol–water partition coefficient (Wildman–Crippen LogP) is 2.59. The minimum atomic E-state index is -3.29. The van der Waals surface area contributed by atoms with Gasteiger partial charge in [-0.25, -0.2) is 8.42 Å². The van der Waals surface area contributed by atoms with E-state index in [1.165, 1.54) is 13.0 Å². The minimum Gasteiger partial charge on any atom is -0.295 e. The van der Waals surface area contributed by atoms with E-state index in [2.05, 4.69) is 0 Å². The zero-order valence-electron chi connectivity index (χ0n) is 10.9. The number of rotatable bonds is 2. The molecule has 0 aromatic heterocycles. The highest BCUT2D eigenvalue weighted by Crippen LogP contribution is 2.26. The molecule has 0 fully saturated rings. The first-order valence-electron chi connectivity index (χ1n) is 5.38. The average Bonchev–Trinajstić information content (AvgIpc) is 2.14. The van der Waals surface area contributed by atoms with Crippen LogP contribution in [-0.4, -0.2) is 20.5 Å². The largest absolute Gasteiger partial charge is 0.295 e. The fraction of sp³-hybridized carbons (Fsp3) is 0.462. The van der Waals surface area contributed by atoms with Crippen molar-refractivity contribution in [2.24, 2.45) is 0 Å². The van der Waals surface area contributed by atoms with E-state index in [0.717, 1.165) is 11.8 Å². The van der Waals surface area contributed by atoms with E-state index >= 15 is 0 Å². The summed E-state index contributed by atoms with van der Waals surface area (Å²) in [5.41, 5.74) is 1.11. The highest BCUT2D eigenvalue weighted by molar-refractivity contribution is 7.90. The summed E-state index contributed by atoms with van der Waals surface area (Å²) in [6.45, 7) is 7.39. The molecule has 1 aromatic carbocycles. The van der Waals surface area contributed by atoms with Crippen LogP contribution < -0.4 is 0 Å². The average molecular weight is 254 g/mol. The highest BCUT2D eigenvalue weighted by atomic mass is 32.2. The Balaban J connectivity index is 3.56. The summed E-state index contributed by atoms with van der Waals surface area (Å²) in [7, 11) is -3.29. The monoisotopic (exact) mass is 254 g/mol. The van der Waals surface area contributed by atoms with Crippen LogP contribution in [-0.2, 0) is 15.3 Å². The molecule has 4 heteroatoms. The van der Waals surface area contributed by atoms with Crippen LogP contribution in [0.25, 0.3) is 0 Å². The van der Waals surface area contributed by atoms with Gasteiger partial charge >= 0.3 is 0 Å². The molecule has 0 unspecified atom stereocenters. The number of sulfone groups is 1. The first-order valence-corrected chi connectivity index (χ1v) is 7.27. The quantitative estimate of drug-likeness (QED) is 0.762. The Morgan fingerprint density at radius 2 is 1.65 bits per heavy atom. The van der Waals surface area contributed by atoms with Gasteiger partial charge in [0.1, 0.15) is 0 Å². The number of ketones is 1. The molecular formula is C13H18O3S. The van der Waals surface area contributed by atoms with Gasteiger partial charge in [-0.05, 0) is 36.1 Å². The summed E-state index contributed by atoms with van der Waals surface area (Å²) >= 11 is 0. The van der Waals surface area contributed by atoms with Crippen molar-refractivity contribution in [3.8, 4) is 0 Å². The van der Waals surface area contributed by atoms with Crippen molar-refractivity contribution >= 4 is 15.6 Å². The molecule has 0 bridgehead atoms. The minimum absolute atomic E-state index is 0.124. The second-order valence-corrected chi connectivity index (χ2v) is 7.34. The number of benzene rings is 1. The van der Waals surface area contributed by atoms with E-state index in [1.54, 1.807) is 12.1 Å². The van der Waals surface area contributed by atoms with Crippen LogP contribution >= 0.6 is 0 Å². The number of hydrogen-bond acceptors (Lipinski definition) is 3. The van der Waals surface area contributed by atoms with Crippen LogP contribution in [0.4, 0.5) is 0 Å². The van der Waals surface area contributed by atoms with Crippen molar-refractivity contribution in [2.45, 2.75) is 38.0 Å². The maximum atomic E-state index is 11.6. The van der Waals surface area contributed by atoms with E-state index < -0.39 is 9.84 Å². The summed E-state index contributed by atoms with van der Waals surface area (Å²) in [4.78, 5) is 11.6. The first-order chi connectivity index (χ1) is 7.51. The third kappa shape index (κ3) is 3.40. The maximum absolute atomic E-state index is 11.6. The zero-order valence-corrected chi connectivity index (χ0v) is 11.7. The summed E-state index contributed by atoms with van der Waals surface area (Å²) < 4.78 is 23.2. The van der Waals surface area contributed by atoms with Gasteiger partial charge in [0.25, 0.3) is 0 Å².